The van der Waals surface area contributed by atoms with Crippen LogP contribution >= 0.6 is 0 Å². The predicted octanol–water partition coefficient (Wildman–Crippen LogP) is 4.59. The van der Waals surface area contributed by atoms with E-state index in [1.807, 2.05) is 0 Å². The highest BCUT2D eigenvalue weighted by Crippen LogP contribution is 2.31. The van der Waals surface area contributed by atoms with Crippen LogP contribution in [0.3, 0.4) is 0 Å². The molecule has 0 aliphatic heterocycles. The van der Waals surface area contributed by atoms with E-state index in [0.29, 0.717) is 0 Å². The summed E-state index contributed by atoms with van der Waals surface area (Å²) in [6.45, 7) is -0.518. The van der Waals surface area contributed by atoms with Crippen LogP contribution in [0, 0.1) is 0 Å². The molecular weight excluding hydrogens is 428 g/mol. The molecule has 1 heterocycles. The molecule has 1 aromatic heterocycles. The lowest BCUT2D eigenvalue weighted by atomic mass is 10.1. The number of rotatable bonds is 4. The number of amides is 1. The van der Waals surface area contributed by atoms with Crippen molar-refractivity contribution in [2.24, 2.45) is 0 Å². The van der Waals surface area contributed by atoms with Gasteiger partial charge in [0.15, 0.2) is 0 Å². The SMILES string of the molecule is O=C(Cn1cnc(-c2ccc(C(F)(F)F)cc2)cc1=O)Nc1cccc(C(F)(F)F)c1. The summed E-state index contributed by atoms with van der Waals surface area (Å²) in [6, 6.07) is 9.07. The van der Waals surface area contributed by atoms with Crippen LogP contribution < -0.4 is 10.9 Å². The molecule has 0 fully saturated rings. The molecule has 5 nitrogen and oxygen atoms in total. The topological polar surface area (TPSA) is 64.0 Å². The van der Waals surface area contributed by atoms with E-state index in [1.165, 1.54) is 6.07 Å². The maximum Gasteiger partial charge on any atom is 0.416 e. The molecule has 0 aliphatic carbocycles. The molecule has 0 unspecified atom stereocenters. The number of carbonyl (C=O) groups is 1. The van der Waals surface area contributed by atoms with Gasteiger partial charge >= 0.3 is 12.4 Å². The summed E-state index contributed by atoms with van der Waals surface area (Å²) < 4.78 is 77.0. The van der Waals surface area contributed by atoms with Gasteiger partial charge in [0.1, 0.15) is 6.54 Å². The Morgan fingerprint density at radius 3 is 2.13 bits per heavy atom. The summed E-state index contributed by atoms with van der Waals surface area (Å²) in [5.41, 5.74) is -2.17. The third-order valence-corrected chi connectivity index (χ3v) is 4.18. The molecular formula is C20H13F6N3O2. The van der Waals surface area contributed by atoms with Crippen molar-refractivity contribution in [2.75, 3.05) is 5.32 Å². The zero-order valence-corrected chi connectivity index (χ0v) is 15.5. The maximum absolute atomic E-state index is 12.7. The van der Waals surface area contributed by atoms with Crippen molar-refractivity contribution in [3.63, 3.8) is 0 Å². The lowest BCUT2D eigenvalue weighted by Gasteiger charge is -2.11. The Bertz CT molecular complexity index is 1150. The Balaban J connectivity index is 1.72. The minimum Gasteiger partial charge on any atom is -0.325 e. The second kappa shape index (κ2) is 8.25. The smallest absolute Gasteiger partial charge is 0.325 e. The van der Waals surface area contributed by atoms with Gasteiger partial charge in [-0.3, -0.25) is 14.2 Å². The maximum atomic E-state index is 12.7. The fourth-order valence-corrected chi connectivity index (χ4v) is 2.66. The summed E-state index contributed by atoms with van der Waals surface area (Å²) in [7, 11) is 0. The Morgan fingerprint density at radius 2 is 1.55 bits per heavy atom. The first-order valence-corrected chi connectivity index (χ1v) is 8.65. The Morgan fingerprint density at radius 1 is 0.903 bits per heavy atom. The van der Waals surface area contributed by atoms with Gasteiger partial charge in [-0.2, -0.15) is 26.3 Å². The molecule has 0 saturated carbocycles. The van der Waals surface area contributed by atoms with E-state index in [4.69, 9.17) is 0 Å². The fourth-order valence-electron chi connectivity index (χ4n) is 2.66. The van der Waals surface area contributed by atoms with Crippen molar-refractivity contribution in [3.8, 4) is 11.3 Å². The van der Waals surface area contributed by atoms with Gasteiger partial charge in [0.05, 0.1) is 23.1 Å². The number of nitrogens with zero attached hydrogens (tertiary/aromatic N) is 2. The van der Waals surface area contributed by atoms with Crippen molar-refractivity contribution in [3.05, 3.63) is 82.4 Å². The number of anilines is 1. The number of nitrogens with one attached hydrogen (secondary N) is 1. The zero-order chi connectivity index (χ0) is 22.8. The Labute approximate surface area is 171 Å². The summed E-state index contributed by atoms with van der Waals surface area (Å²) in [5, 5.41) is 2.26. The molecule has 1 N–H and O–H groups in total. The van der Waals surface area contributed by atoms with Gasteiger partial charge in [-0.1, -0.05) is 18.2 Å². The predicted molar refractivity (Wildman–Crippen MR) is 99.0 cm³/mol. The highest BCUT2D eigenvalue weighted by atomic mass is 19.4. The van der Waals surface area contributed by atoms with Crippen LogP contribution in [0.1, 0.15) is 11.1 Å². The molecule has 0 saturated heterocycles. The minimum atomic E-state index is -4.57. The van der Waals surface area contributed by atoms with Crippen LogP contribution in [0.25, 0.3) is 11.3 Å². The molecule has 2 aromatic carbocycles. The molecule has 1 amide bonds. The number of benzene rings is 2. The average molecular weight is 441 g/mol. The molecule has 0 aliphatic rings. The number of aromatic nitrogens is 2. The number of hydrogen-bond acceptors (Lipinski definition) is 3. The van der Waals surface area contributed by atoms with Crippen molar-refractivity contribution >= 4 is 11.6 Å². The van der Waals surface area contributed by atoms with Gasteiger partial charge in [-0.05, 0) is 30.3 Å². The van der Waals surface area contributed by atoms with E-state index >= 15 is 0 Å². The molecule has 3 rings (SSSR count). The van der Waals surface area contributed by atoms with Crippen molar-refractivity contribution in [1.82, 2.24) is 9.55 Å². The van der Waals surface area contributed by atoms with Gasteiger partial charge in [0.2, 0.25) is 5.91 Å². The highest BCUT2D eigenvalue weighted by Gasteiger charge is 2.31. The monoisotopic (exact) mass is 441 g/mol. The number of carbonyl (C=O) groups excluding carboxylic acids is 1. The number of hydrogen-bond donors (Lipinski definition) is 1. The van der Waals surface area contributed by atoms with E-state index in [2.05, 4.69) is 10.3 Å². The van der Waals surface area contributed by atoms with Crippen LogP contribution in [0.15, 0.2) is 65.7 Å². The Hall–Kier alpha value is -3.63. The standard InChI is InChI=1S/C20H13F6N3O2/c21-19(22,23)13-6-4-12(5-7-13)16-9-18(31)29(11-27-16)10-17(30)28-15-3-1-2-14(8-15)20(24,25)26/h1-9,11H,10H2,(H,28,30). The van der Waals surface area contributed by atoms with E-state index in [-0.39, 0.29) is 16.9 Å². The molecule has 11 heteroatoms. The lowest BCUT2D eigenvalue weighted by Crippen LogP contribution is -2.27. The largest absolute Gasteiger partial charge is 0.416 e. The van der Waals surface area contributed by atoms with Crippen LogP contribution in [-0.4, -0.2) is 15.5 Å². The lowest BCUT2D eigenvalue weighted by molar-refractivity contribution is -0.138. The van der Waals surface area contributed by atoms with Gasteiger partial charge in [-0.15, -0.1) is 0 Å². The van der Waals surface area contributed by atoms with E-state index in [0.717, 1.165) is 59.4 Å². The molecule has 0 radical (unpaired) electrons. The van der Waals surface area contributed by atoms with Crippen LogP contribution in [0.4, 0.5) is 32.0 Å². The first-order valence-electron chi connectivity index (χ1n) is 8.65. The van der Waals surface area contributed by atoms with Gasteiger partial charge in [-0.25, -0.2) is 4.98 Å². The molecule has 162 valence electrons. The van der Waals surface area contributed by atoms with Crippen molar-refractivity contribution in [1.29, 1.82) is 0 Å². The molecule has 0 atom stereocenters. The van der Waals surface area contributed by atoms with Crippen LogP contribution in [0.2, 0.25) is 0 Å². The average Bonchev–Trinajstić information content (AvgIpc) is 2.68. The third-order valence-electron chi connectivity index (χ3n) is 4.18. The summed E-state index contributed by atoms with van der Waals surface area (Å²) in [5.74, 6) is -0.759. The van der Waals surface area contributed by atoms with Crippen molar-refractivity contribution < 1.29 is 31.1 Å². The van der Waals surface area contributed by atoms with Gasteiger partial charge in [0, 0.05) is 17.3 Å². The summed E-state index contributed by atoms with van der Waals surface area (Å²) in [4.78, 5) is 28.3. The van der Waals surface area contributed by atoms with E-state index in [1.54, 1.807) is 0 Å². The third kappa shape index (κ3) is 5.50. The minimum absolute atomic E-state index is 0.0952. The van der Waals surface area contributed by atoms with Gasteiger partial charge < -0.3 is 5.32 Å². The van der Waals surface area contributed by atoms with Crippen molar-refractivity contribution in [2.45, 2.75) is 18.9 Å². The second-order valence-electron chi connectivity index (χ2n) is 6.44. The number of halogens is 6. The highest BCUT2D eigenvalue weighted by molar-refractivity contribution is 5.90. The van der Waals surface area contributed by atoms with Gasteiger partial charge in [0.25, 0.3) is 5.56 Å². The summed E-state index contributed by atoms with van der Waals surface area (Å²) in [6.07, 6.45) is -8.04. The quantitative estimate of drug-likeness (QED) is 0.603. The van der Waals surface area contributed by atoms with E-state index < -0.39 is 41.5 Å². The normalized spacial score (nSPS) is 11.9. The van der Waals surface area contributed by atoms with E-state index in [9.17, 15) is 35.9 Å². The first kappa shape index (κ1) is 22.1. The van der Waals surface area contributed by atoms with Crippen LogP contribution in [0.5, 0.6) is 0 Å². The molecule has 31 heavy (non-hydrogen) atoms. The molecule has 3 aromatic rings. The molecule has 0 spiro atoms. The number of alkyl halides is 6. The van der Waals surface area contributed by atoms with Crippen LogP contribution in [-0.2, 0) is 23.7 Å². The fraction of sp³-hybridized carbons (Fsp3) is 0.150. The second-order valence-corrected chi connectivity index (χ2v) is 6.44. The first-order chi connectivity index (χ1) is 14.4. The Kier molecular flexibility index (Phi) is 5.87. The zero-order valence-electron chi connectivity index (χ0n) is 15.5. The summed E-state index contributed by atoms with van der Waals surface area (Å²) >= 11 is 0. The molecule has 0 bridgehead atoms.